The molecule has 0 aromatic rings. The van der Waals surface area contributed by atoms with Gasteiger partial charge in [0.2, 0.25) is 0 Å². The van der Waals surface area contributed by atoms with Gasteiger partial charge in [-0.05, 0) is 6.42 Å². The number of ether oxygens (including phenoxy) is 1. The zero-order valence-electron chi connectivity index (χ0n) is 4.40. The molecule has 1 aliphatic rings. The summed E-state index contributed by atoms with van der Waals surface area (Å²) < 4.78 is 4.86. The second-order valence-corrected chi connectivity index (χ2v) is 1.36. The van der Waals surface area contributed by atoms with E-state index < -0.39 is 0 Å². The van der Waals surface area contributed by atoms with Crippen molar-refractivity contribution in [1.29, 1.82) is 0 Å². The van der Waals surface area contributed by atoms with Crippen LogP contribution in [0.25, 0.3) is 0 Å². The van der Waals surface area contributed by atoms with E-state index in [1.807, 2.05) is 0 Å². The van der Waals surface area contributed by atoms with Crippen LogP contribution in [0.1, 0.15) is 13.3 Å². The van der Waals surface area contributed by atoms with Crippen LogP contribution in [0.3, 0.4) is 0 Å². The largest absolute Gasteiger partial charge is 0.373 e. The molecular formula is C4H8KO. The fourth-order valence-electron chi connectivity index (χ4n) is 0.304. The normalized spacial score (nSPS) is 28.5. The molecule has 0 bridgehead atoms. The van der Waals surface area contributed by atoms with Gasteiger partial charge in [-0.15, -0.1) is 0 Å². The van der Waals surface area contributed by atoms with Crippen LogP contribution in [0, 0.1) is 0 Å². The van der Waals surface area contributed by atoms with Crippen LogP contribution in [0.2, 0.25) is 0 Å². The Balaban J connectivity index is 0.000000250. The van der Waals surface area contributed by atoms with E-state index in [0.717, 1.165) is 6.61 Å². The molecule has 1 rings (SSSR count). The van der Waals surface area contributed by atoms with Crippen molar-refractivity contribution in [3.05, 3.63) is 0 Å². The molecule has 0 aromatic heterocycles. The first-order valence-corrected chi connectivity index (χ1v) is 2.05. The molecule has 1 heterocycles. The monoisotopic (exact) mass is 111 g/mol. The van der Waals surface area contributed by atoms with Crippen LogP contribution in [0.4, 0.5) is 0 Å². The maximum atomic E-state index is 4.86. The van der Waals surface area contributed by atoms with Crippen molar-refractivity contribution < 1.29 is 4.74 Å². The van der Waals surface area contributed by atoms with Crippen LogP contribution in [0.5, 0.6) is 0 Å². The topological polar surface area (TPSA) is 12.5 Å². The summed E-state index contributed by atoms with van der Waals surface area (Å²) in [6.07, 6.45) is 1.83. The van der Waals surface area contributed by atoms with Gasteiger partial charge in [0, 0.05) is 51.4 Å². The van der Waals surface area contributed by atoms with Crippen molar-refractivity contribution in [1.82, 2.24) is 0 Å². The van der Waals surface area contributed by atoms with Gasteiger partial charge in [-0.1, -0.05) is 6.92 Å². The van der Waals surface area contributed by atoms with E-state index in [1.165, 1.54) is 6.42 Å². The fourth-order valence-corrected chi connectivity index (χ4v) is 0.304. The van der Waals surface area contributed by atoms with E-state index in [4.69, 9.17) is 4.74 Å². The summed E-state index contributed by atoms with van der Waals surface area (Å²) in [5.41, 5.74) is 0. The zero-order valence-corrected chi connectivity index (χ0v) is 7.52. The third-order valence-corrected chi connectivity index (χ3v) is 0.858. The molecule has 1 radical (unpaired) electrons. The maximum absolute atomic E-state index is 4.86. The van der Waals surface area contributed by atoms with Crippen molar-refractivity contribution in [2.75, 3.05) is 6.61 Å². The van der Waals surface area contributed by atoms with Gasteiger partial charge in [0.05, 0.1) is 12.7 Å². The van der Waals surface area contributed by atoms with E-state index in [-0.39, 0.29) is 51.4 Å². The van der Waals surface area contributed by atoms with Gasteiger partial charge in [-0.25, -0.2) is 0 Å². The Labute approximate surface area is 80.9 Å². The zero-order chi connectivity index (χ0) is 3.70. The predicted octanol–water partition coefficient (Wildman–Crippen LogP) is 0.414. The van der Waals surface area contributed by atoms with Gasteiger partial charge < -0.3 is 4.74 Å². The molecule has 0 spiro atoms. The van der Waals surface area contributed by atoms with Gasteiger partial charge in [-0.3, -0.25) is 0 Å². The number of rotatable bonds is 1. The van der Waals surface area contributed by atoms with E-state index >= 15 is 0 Å². The summed E-state index contributed by atoms with van der Waals surface area (Å²) in [6.45, 7) is 3.15. The third-order valence-electron chi connectivity index (χ3n) is 0.858. The minimum atomic E-state index is 0. The van der Waals surface area contributed by atoms with Crippen molar-refractivity contribution in [3.8, 4) is 0 Å². The van der Waals surface area contributed by atoms with E-state index in [9.17, 15) is 0 Å². The second kappa shape index (κ2) is 3.58. The molecule has 2 heteroatoms. The van der Waals surface area contributed by atoms with Crippen LogP contribution in [-0.2, 0) is 4.74 Å². The average molecular weight is 111 g/mol. The van der Waals surface area contributed by atoms with Gasteiger partial charge in [0.15, 0.2) is 0 Å². The molecule has 1 nitrogen and oxygen atoms in total. The van der Waals surface area contributed by atoms with Crippen molar-refractivity contribution in [3.63, 3.8) is 0 Å². The van der Waals surface area contributed by atoms with Crippen LogP contribution in [-0.4, -0.2) is 64.1 Å². The summed E-state index contributed by atoms with van der Waals surface area (Å²) in [4.78, 5) is 0. The Hall–Kier alpha value is 1.60. The maximum Gasteiger partial charge on any atom is 0.0807 e. The Kier molecular flexibility index (Phi) is 4.53. The Morgan fingerprint density at radius 3 is 2.33 bits per heavy atom. The first-order chi connectivity index (χ1) is 2.43. The summed E-state index contributed by atoms with van der Waals surface area (Å²) in [7, 11) is 0. The molecule has 31 valence electrons. The molecule has 0 amide bonds. The molecule has 0 aromatic carbocycles. The first kappa shape index (κ1) is 7.60. The molecule has 1 unspecified atom stereocenters. The molecular weight excluding hydrogens is 103 g/mol. The summed E-state index contributed by atoms with van der Waals surface area (Å²) in [5.74, 6) is 0. The number of hydrogen-bond donors (Lipinski definition) is 0. The SMILES string of the molecule is CCC1CO1.[K]. The Morgan fingerprint density at radius 2 is 2.33 bits per heavy atom. The summed E-state index contributed by atoms with van der Waals surface area (Å²) in [5, 5.41) is 0. The number of epoxide rings is 1. The van der Waals surface area contributed by atoms with Crippen molar-refractivity contribution >= 4 is 51.4 Å². The third kappa shape index (κ3) is 2.72. The van der Waals surface area contributed by atoms with E-state index in [0.29, 0.717) is 6.10 Å². The van der Waals surface area contributed by atoms with E-state index in [2.05, 4.69) is 6.92 Å². The summed E-state index contributed by atoms with van der Waals surface area (Å²) in [6, 6.07) is 0. The average Bonchev–Trinajstić information content (AvgIpc) is 2.12. The fraction of sp³-hybridized carbons (Fsp3) is 1.00. The second-order valence-electron chi connectivity index (χ2n) is 1.36. The molecule has 0 N–H and O–H groups in total. The van der Waals surface area contributed by atoms with Gasteiger partial charge in [0.25, 0.3) is 0 Å². The predicted molar refractivity (Wildman–Crippen MR) is 25.8 cm³/mol. The molecule has 6 heavy (non-hydrogen) atoms. The van der Waals surface area contributed by atoms with Gasteiger partial charge in [0.1, 0.15) is 0 Å². The summed E-state index contributed by atoms with van der Waals surface area (Å²) >= 11 is 0. The molecule has 0 aliphatic carbocycles. The minimum absolute atomic E-state index is 0. The van der Waals surface area contributed by atoms with Gasteiger partial charge >= 0.3 is 0 Å². The van der Waals surface area contributed by atoms with E-state index in [1.54, 1.807) is 0 Å². The van der Waals surface area contributed by atoms with Crippen molar-refractivity contribution in [2.24, 2.45) is 0 Å². The first-order valence-electron chi connectivity index (χ1n) is 2.05. The Morgan fingerprint density at radius 1 is 1.83 bits per heavy atom. The number of hydrogen-bond acceptors (Lipinski definition) is 1. The molecule has 1 aliphatic heterocycles. The van der Waals surface area contributed by atoms with Gasteiger partial charge in [-0.2, -0.15) is 0 Å². The molecule has 1 saturated heterocycles. The molecule has 1 fully saturated rings. The Bertz CT molecular complexity index is 34.5. The quantitative estimate of drug-likeness (QED) is 0.353. The molecule has 1 atom stereocenters. The van der Waals surface area contributed by atoms with Crippen molar-refractivity contribution in [2.45, 2.75) is 19.4 Å². The van der Waals surface area contributed by atoms with Crippen LogP contribution < -0.4 is 0 Å². The molecule has 0 saturated carbocycles. The standard InChI is InChI=1S/C4H8O.K/c1-2-4-3-5-4;/h4H,2-3H2,1H3;. The van der Waals surface area contributed by atoms with Crippen LogP contribution in [0.15, 0.2) is 0 Å². The van der Waals surface area contributed by atoms with Crippen LogP contribution >= 0.6 is 0 Å². The minimum Gasteiger partial charge on any atom is -0.373 e. The smallest absolute Gasteiger partial charge is 0.0807 e.